The van der Waals surface area contributed by atoms with Crippen molar-refractivity contribution in [3.8, 4) is 0 Å². The van der Waals surface area contributed by atoms with Crippen molar-refractivity contribution < 1.29 is 9.90 Å². The lowest BCUT2D eigenvalue weighted by Crippen LogP contribution is -2.12. The highest BCUT2D eigenvalue weighted by molar-refractivity contribution is 6.29. The number of hydrogen-bond acceptors (Lipinski definition) is 1. The molecule has 0 aromatic rings. The van der Waals surface area contributed by atoms with Gasteiger partial charge in [0.25, 0.3) is 0 Å². The molecule has 24 heavy (non-hydrogen) atoms. The van der Waals surface area contributed by atoms with Crippen molar-refractivity contribution in [3.63, 3.8) is 0 Å². The predicted octanol–water partition coefficient (Wildman–Crippen LogP) is 7.33. The zero-order chi connectivity index (χ0) is 17.5. The number of carbonyl (C=O) groups is 1. The van der Waals surface area contributed by atoms with E-state index in [1.807, 2.05) is 0 Å². The van der Waals surface area contributed by atoms with Crippen LogP contribution in [0.1, 0.15) is 116 Å². The molecule has 1 saturated carbocycles. The Kier molecular flexibility index (Phi) is 13.7. The highest BCUT2D eigenvalue weighted by atomic mass is 35.5. The molecule has 0 saturated heterocycles. The second-order valence-corrected chi connectivity index (χ2v) is 8.30. The summed E-state index contributed by atoms with van der Waals surface area (Å²) >= 11 is 5.69. The summed E-state index contributed by atoms with van der Waals surface area (Å²) in [5, 5.41) is 8.00. The normalized spacial score (nSPS) is 17.0. The smallest absolute Gasteiger partial charge is 0.321 e. The third-order valence-electron chi connectivity index (χ3n) is 5.56. The van der Waals surface area contributed by atoms with Gasteiger partial charge in [0.1, 0.15) is 5.38 Å². The van der Waals surface area contributed by atoms with E-state index in [2.05, 4.69) is 0 Å². The van der Waals surface area contributed by atoms with E-state index in [1.165, 1.54) is 96.3 Å². The third kappa shape index (κ3) is 12.2. The molecule has 0 aliphatic heterocycles. The fourth-order valence-electron chi connectivity index (χ4n) is 3.95. The van der Waals surface area contributed by atoms with E-state index in [9.17, 15) is 4.79 Å². The molecule has 0 aromatic carbocycles. The molecule has 1 unspecified atom stereocenters. The summed E-state index contributed by atoms with van der Waals surface area (Å²) in [5.41, 5.74) is 0. The molecular formula is C21H39ClO2. The molecule has 1 aliphatic rings. The monoisotopic (exact) mass is 358 g/mol. The molecule has 0 heterocycles. The highest BCUT2D eigenvalue weighted by Gasteiger charge is 2.12. The number of rotatable bonds is 15. The van der Waals surface area contributed by atoms with Crippen LogP contribution in [0.3, 0.4) is 0 Å². The van der Waals surface area contributed by atoms with Crippen LogP contribution in [0.5, 0.6) is 0 Å². The summed E-state index contributed by atoms with van der Waals surface area (Å²) in [6, 6.07) is 0. The van der Waals surface area contributed by atoms with Crippen LogP contribution in [0.15, 0.2) is 0 Å². The Morgan fingerprint density at radius 2 is 1.25 bits per heavy atom. The molecule has 3 heteroatoms. The Morgan fingerprint density at radius 1 is 0.792 bits per heavy atom. The van der Waals surface area contributed by atoms with Gasteiger partial charge in [0.15, 0.2) is 0 Å². The topological polar surface area (TPSA) is 37.3 Å². The lowest BCUT2D eigenvalue weighted by molar-refractivity contribution is -0.136. The Morgan fingerprint density at radius 3 is 1.75 bits per heavy atom. The minimum atomic E-state index is -0.879. The summed E-state index contributed by atoms with van der Waals surface area (Å²) in [5.74, 6) is 0.179. The van der Waals surface area contributed by atoms with Crippen molar-refractivity contribution in [3.05, 3.63) is 0 Å². The molecule has 1 N–H and O–H groups in total. The second-order valence-electron chi connectivity index (χ2n) is 7.78. The number of carboxylic acid groups (broad SMARTS) is 1. The van der Waals surface area contributed by atoms with E-state index < -0.39 is 11.3 Å². The van der Waals surface area contributed by atoms with Gasteiger partial charge in [-0.15, -0.1) is 11.6 Å². The summed E-state index contributed by atoms with van der Waals surface area (Å²) < 4.78 is 0. The van der Waals surface area contributed by atoms with E-state index >= 15 is 0 Å². The van der Waals surface area contributed by atoms with Crippen LogP contribution in [0, 0.1) is 5.92 Å². The third-order valence-corrected chi connectivity index (χ3v) is 5.97. The molecule has 1 atom stereocenters. The average molecular weight is 359 g/mol. The van der Waals surface area contributed by atoms with Gasteiger partial charge >= 0.3 is 5.97 Å². The number of carboxylic acids is 1. The Labute approximate surface area is 154 Å². The SMILES string of the molecule is O=C(O)C(Cl)CCCCCCCCCCCCCC1CCCCC1. The van der Waals surface area contributed by atoms with E-state index in [-0.39, 0.29) is 0 Å². The van der Waals surface area contributed by atoms with Gasteiger partial charge in [-0.05, 0) is 12.3 Å². The lowest BCUT2D eigenvalue weighted by atomic mass is 9.85. The van der Waals surface area contributed by atoms with Crippen molar-refractivity contribution in [2.75, 3.05) is 0 Å². The van der Waals surface area contributed by atoms with Crippen molar-refractivity contribution in [2.24, 2.45) is 5.92 Å². The van der Waals surface area contributed by atoms with Crippen LogP contribution in [0.4, 0.5) is 0 Å². The van der Waals surface area contributed by atoms with Crippen LogP contribution in [0.25, 0.3) is 0 Å². The molecule has 142 valence electrons. The summed E-state index contributed by atoms with van der Waals surface area (Å²) in [6.07, 6.45) is 24.0. The van der Waals surface area contributed by atoms with Gasteiger partial charge < -0.3 is 5.11 Å². The van der Waals surface area contributed by atoms with Crippen LogP contribution in [0.2, 0.25) is 0 Å². The first-order valence-electron chi connectivity index (χ1n) is 10.6. The minimum Gasteiger partial charge on any atom is -0.480 e. The first kappa shape index (κ1) is 21.8. The van der Waals surface area contributed by atoms with Gasteiger partial charge in [0.05, 0.1) is 0 Å². The summed E-state index contributed by atoms with van der Waals surface area (Å²) in [7, 11) is 0. The number of halogens is 1. The van der Waals surface area contributed by atoms with Crippen molar-refractivity contribution in [2.45, 2.75) is 121 Å². The summed E-state index contributed by atoms with van der Waals surface area (Å²) in [4.78, 5) is 10.6. The molecular weight excluding hydrogens is 320 g/mol. The zero-order valence-corrected chi connectivity index (χ0v) is 16.4. The Balaban J connectivity index is 1.72. The lowest BCUT2D eigenvalue weighted by Gasteiger charge is -2.21. The average Bonchev–Trinajstić information content (AvgIpc) is 2.59. The minimum absolute atomic E-state index is 0.609. The van der Waals surface area contributed by atoms with Gasteiger partial charge in [0, 0.05) is 0 Å². The van der Waals surface area contributed by atoms with Crippen LogP contribution < -0.4 is 0 Å². The maximum Gasteiger partial charge on any atom is 0.321 e. The number of hydrogen-bond donors (Lipinski definition) is 1. The quantitative estimate of drug-likeness (QED) is 0.246. The van der Waals surface area contributed by atoms with Gasteiger partial charge in [-0.1, -0.05) is 109 Å². The molecule has 1 rings (SSSR count). The van der Waals surface area contributed by atoms with Crippen LogP contribution in [-0.4, -0.2) is 16.5 Å². The highest BCUT2D eigenvalue weighted by Crippen LogP contribution is 2.28. The molecule has 0 spiro atoms. The molecule has 0 aromatic heterocycles. The van der Waals surface area contributed by atoms with Crippen molar-refractivity contribution in [1.82, 2.24) is 0 Å². The fourth-order valence-corrected chi connectivity index (χ4v) is 4.10. The molecule has 1 aliphatic carbocycles. The van der Waals surface area contributed by atoms with Gasteiger partial charge in [0.2, 0.25) is 0 Å². The maximum atomic E-state index is 10.6. The molecule has 2 nitrogen and oxygen atoms in total. The molecule has 0 bridgehead atoms. The van der Waals surface area contributed by atoms with Gasteiger partial charge in [-0.2, -0.15) is 0 Å². The molecule has 1 fully saturated rings. The second kappa shape index (κ2) is 15.0. The maximum absolute atomic E-state index is 10.6. The van der Waals surface area contributed by atoms with E-state index in [0.717, 1.165) is 18.8 Å². The standard InChI is InChI=1S/C21H39ClO2/c22-20(21(23)24)18-14-9-7-5-3-1-2-4-6-8-11-15-19-16-12-10-13-17-19/h19-20H,1-18H2,(H,23,24). The predicted molar refractivity (Wildman–Crippen MR) is 104 cm³/mol. The number of unbranched alkanes of at least 4 members (excludes halogenated alkanes) is 10. The van der Waals surface area contributed by atoms with Crippen LogP contribution >= 0.6 is 11.6 Å². The first-order valence-corrected chi connectivity index (χ1v) is 11.0. The van der Waals surface area contributed by atoms with E-state index in [4.69, 9.17) is 16.7 Å². The van der Waals surface area contributed by atoms with E-state index in [0.29, 0.717) is 6.42 Å². The molecule has 0 radical (unpaired) electrons. The van der Waals surface area contributed by atoms with Gasteiger partial charge in [-0.3, -0.25) is 4.79 Å². The number of alkyl halides is 1. The van der Waals surface area contributed by atoms with Crippen LogP contribution in [-0.2, 0) is 4.79 Å². The largest absolute Gasteiger partial charge is 0.480 e. The Bertz CT molecular complexity index is 300. The Hall–Kier alpha value is -0.240. The zero-order valence-electron chi connectivity index (χ0n) is 15.6. The van der Waals surface area contributed by atoms with Gasteiger partial charge in [-0.25, -0.2) is 0 Å². The van der Waals surface area contributed by atoms with Crippen molar-refractivity contribution in [1.29, 1.82) is 0 Å². The fraction of sp³-hybridized carbons (Fsp3) is 0.952. The molecule has 0 amide bonds. The van der Waals surface area contributed by atoms with Crippen molar-refractivity contribution >= 4 is 17.6 Å². The number of aliphatic carboxylic acids is 1. The first-order chi connectivity index (χ1) is 11.7. The summed E-state index contributed by atoms with van der Waals surface area (Å²) in [6.45, 7) is 0. The van der Waals surface area contributed by atoms with E-state index in [1.54, 1.807) is 0 Å².